The van der Waals surface area contributed by atoms with Crippen LogP contribution < -0.4 is 5.32 Å². The molecule has 1 N–H and O–H groups in total. The molecule has 2 fully saturated rings. The maximum absolute atomic E-state index is 12.4. The van der Waals surface area contributed by atoms with E-state index in [4.69, 9.17) is 4.74 Å². The lowest BCUT2D eigenvalue weighted by molar-refractivity contribution is -0.133. The van der Waals surface area contributed by atoms with Crippen LogP contribution in [0.3, 0.4) is 0 Å². The molecule has 0 spiro atoms. The molecule has 0 aromatic heterocycles. The highest BCUT2D eigenvalue weighted by molar-refractivity contribution is 5.82. The first-order chi connectivity index (χ1) is 9.75. The van der Waals surface area contributed by atoms with E-state index in [0.29, 0.717) is 12.5 Å². The summed E-state index contributed by atoms with van der Waals surface area (Å²) in [4.78, 5) is 14.3. The standard InChI is InChI=1S/C16H22N2O2/c1-18(11-13-10-17-7-8-20-13)16(19)15-9-14(15)12-5-3-2-4-6-12/h2-6,13-15,17H,7-11H2,1H3. The molecule has 1 saturated heterocycles. The van der Waals surface area contributed by atoms with Crippen molar-refractivity contribution in [2.24, 2.45) is 5.92 Å². The van der Waals surface area contributed by atoms with Crippen molar-refractivity contribution >= 4 is 5.91 Å². The van der Waals surface area contributed by atoms with Gasteiger partial charge in [0, 0.05) is 32.6 Å². The van der Waals surface area contributed by atoms with Gasteiger partial charge in [-0.2, -0.15) is 0 Å². The number of nitrogens with one attached hydrogen (secondary N) is 1. The van der Waals surface area contributed by atoms with E-state index >= 15 is 0 Å². The summed E-state index contributed by atoms with van der Waals surface area (Å²) in [6.45, 7) is 3.17. The van der Waals surface area contributed by atoms with Crippen LogP contribution in [0.4, 0.5) is 0 Å². The zero-order valence-corrected chi connectivity index (χ0v) is 11.9. The van der Waals surface area contributed by atoms with Gasteiger partial charge >= 0.3 is 0 Å². The normalized spacial score (nSPS) is 28.9. The first-order valence-electron chi connectivity index (χ1n) is 7.38. The molecule has 3 rings (SSSR count). The fourth-order valence-electron chi connectivity index (χ4n) is 2.95. The molecule has 108 valence electrons. The van der Waals surface area contributed by atoms with Gasteiger partial charge in [0.25, 0.3) is 0 Å². The number of carbonyl (C=O) groups is 1. The van der Waals surface area contributed by atoms with E-state index in [-0.39, 0.29) is 17.9 Å². The molecule has 4 nitrogen and oxygen atoms in total. The lowest BCUT2D eigenvalue weighted by Gasteiger charge is -2.28. The third-order valence-electron chi connectivity index (χ3n) is 4.19. The first-order valence-corrected chi connectivity index (χ1v) is 7.38. The van der Waals surface area contributed by atoms with Gasteiger partial charge in [-0.05, 0) is 17.9 Å². The van der Waals surface area contributed by atoms with E-state index < -0.39 is 0 Å². The highest BCUT2D eigenvalue weighted by Gasteiger charge is 2.45. The zero-order valence-electron chi connectivity index (χ0n) is 11.9. The number of carbonyl (C=O) groups excluding carboxylic acids is 1. The van der Waals surface area contributed by atoms with E-state index in [1.807, 2.05) is 30.1 Å². The van der Waals surface area contributed by atoms with Crippen molar-refractivity contribution in [1.82, 2.24) is 10.2 Å². The van der Waals surface area contributed by atoms with Crippen molar-refractivity contribution < 1.29 is 9.53 Å². The molecule has 1 aliphatic heterocycles. The van der Waals surface area contributed by atoms with Crippen molar-refractivity contribution in [2.75, 3.05) is 33.3 Å². The maximum Gasteiger partial charge on any atom is 0.226 e. The Hall–Kier alpha value is -1.39. The van der Waals surface area contributed by atoms with Crippen LogP contribution in [0.15, 0.2) is 30.3 Å². The minimum atomic E-state index is 0.131. The first kappa shape index (κ1) is 13.6. The summed E-state index contributed by atoms with van der Waals surface area (Å²) < 4.78 is 5.65. The summed E-state index contributed by atoms with van der Waals surface area (Å²) >= 11 is 0. The lowest BCUT2D eigenvalue weighted by atomic mass is 10.1. The smallest absolute Gasteiger partial charge is 0.226 e. The minimum absolute atomic E-state index is 0.131. The molecule has 20 heavy (non-hydrogen) atoms. The average molecular weight is 274 g/mol. The fraction of sp³-hybridized carbons (Fsp3) is 0.562. The maximum atomic E-state index is 12.4. The quantitative estimate of drug-likeness (QED) is 0.898. The number of benzene rings is 1. The molecule has 0 radical (unpaired) electrons. The van der Waals surface area contributed by atoms with Crippen LogP contribution in [0.25, 0.3) is 0 Å². The Kier molecular flexibility index (Phi) is 4.03. The van der Waals surface area contributed by atoms with Gasteiger partial charge in [0.05, 0.1) is 12.7 Å². The van der Waals surface area contributed by atoms with Crippen LogP contribution in [0, 0.1) is 5.92 Å². The zero-order chi connectivity index (χ0) is 13.9. The van der Waals surface area contributed by atoms with E-state index in [0.717, 1.165) is 26.1 Å². The molecule has 3 unspecified atom stereocenters. The Balaban J connectivity index is 1.52. The van der Waals surface area contributed by atoms with Gasteiger partial charge in [-0.3, -0.25) is 4.79 Å². The predicted molar refractivity (Wildman–Crippen MR) is 77.5 cm³/mol. The Bertz CT molecular complexity index is 457. The third-order valence-corrected chi connectivity index (χ3v) is 4.19. The van der Waals surface area contributed by atoms with E-state index in [1.54, 1.807) is 0 Å². The molecule has 4 heteroatoms. The molecule has 0 bridgehead atoms. The summed E-state index contributed by atoms with van der Waals surface area (Å²) in [5.41, 5.74) is 1.29. The van der Waals surface area contributed by atoms with E-state index in [1.165, 1.54) is 5.56 Å². The molecule has 1 heterocycles. The van der Waals surface area contributed by atoms with Crippen molar-refractivity contribution in [3.05, 3.63) is 35.9 Å². The summed E-state index contributed by atoms with van der Waals surface area (Å²) in [6, 6.07) is 10.3. The van der Waals surface area contributed by atoms with Crippen LogP contribution >= 0.6 is 0 Å². The second kappa shape index (κ2) is 5.94. The van der Waals surface area contributed by atoms with Crippen LogP contribution in [-0.2, 0) is 9.53 Å². The second-order valence-electron chi connectivity index (χ2n) is 5.78. The average Bonchev–Trinajstić information content (AvgIpc) is 3.29. The van der Waals surface area contributed by atoms with Gasteiger partial charge in [-0.25, -0.2) is 0 Å². The molecule has 3 atom stereocenters. The summed E-state index contributed by atoms with van der Waals surface area (Å²) in [7, 11) is 1.89. The van der Waals surface area contributed by atoms with E-state index in [9.17, 15) is 4.79 Å². The van der Waals surface area contributed by atoms with Crippen LogP contribution in [0.1, 0.15) is 17.9 Å². The van der Waals surface area contributed by atoms with Crippen LogP contribution in [-0.4, -0.2) is 50.2 Å². The molecular weight excluding hydrogens is 252 g/mol. The molecule has 1 aromatic rings. The second-order valence-corrected chi connectivity index (χ2v) is 5.78. The Labute approximate surface area is 120 Å². The van der Waals surface area contributed by atoms with Crippen molar-refractivity contribution in [3.63, 3.8) is 0 Å². The summed E-state index contributed by atoms with van der Waals surface area (Å²) in [5.74, 6) is 0.837. The van der Waals surface area contributed by atoms with Crippen LogP contribution in [0.5, 0.6) is 0 Å². The number of rotatable bonds is 4. The monoisotopic (exact) mass is 274 g/mol. The van der Waals surface area contributed by atoms with Gasteiger partial charge in [0.1, 0.15) is 0 Å². The molecule has 1 aromatic carbocycles. The summed E-state index contributed by atoms with van der Waals surface area (Å²) in [5, 5.41) is 3.30. The van der Waals surface area contributed by atoms with Gasteiger partial charge in [0.15, 0.2) is 0 Å². The number of likely N-dealkylation sites (N-methyl/N-ethyl adjacent to an activating group) is 1. The van der Waals surface area contributed by atoms with Gasteiger partial charge in [-0.1, -0.05) is 30.3 Å². The van der Waals surface area contributed by atoms with Crippen molar-refractivity contribution in [2.45, 2.75) is 18.4 Å². The highest BCUT2D eigenvalue weighted by Crippen LogP contribution is 2.48. The van der Waals surface area contributed by atoms with Gasteiger partial charge < -0.3 is 15.0 Å². The number of nitrogens with zero attached hydrogens (tertiary/aromatic N) is 1. The number of ether oxygens (including phenoxy) is 1. The number of hydrogen-bond donors (Lipinski definition) is 1. The van der Waals surface area contributed by atoms with Crippen molar-refractivity contribution in [1.29, 1.82) is 0 Å². The summed E-state index contributed by atoms with van der Waals surface area (Å²) in [6.07, 6.45) is 1.11. The predicted octanol–water partition coefficient (Wildman–Crippen LogP) is 1.24. The van der Waals surface area contributed by atoms with Crippen molar-refractivity contribution in [3.8, 4) is 0 Å². The SMILES string of the molecule is CN(CC1CNCCO1)C(=O)C1CC1c1ccccc1. The van der Waals surface area contributed by atoms with Crippen LogP contribution in [0.2, 0.25) is 0 Å². The molecule has 1 amide bonds. The number of morpholine rings is 1. The lowest BCUT2D eigenvalue weighted by Crippen LogP contribution is -2.46. The Morgan fingerprint density at radius 2 is 2.20 bits per heavy atom. The fourth-order valence-corrected chi connectivity index (χ4v) is 2.95. The van der Waals surface area contributed by atoms with E-state index in [2.05, 4.69) is 17.4 Å². The largest absolute Gasteiger partial charge is 0.374 e. The molecule has 2 aliphatic rings. The number of amides is 1. The third kappa shape index (κ3) is 3.02. The molecule has 1 saturated carbocycles. The molecule has 1 aliphatic carbocycles. The highest BCUT2D eigenvalue weighted by atomic mass is 16.5. The Morgan fingerprint density at radius 1 is 1.40 bits per heavy atom. The minimum Gasteiger partial charge on any atom is -0.374 e. The Morgan fingerprint density at radius 3 is 2.90 bits per heavy atom. The van der Waals surface area contributed by atoms with Gasteiger partial charge in [0.2, 0.25) is 5.91 Å². The molecular formula is C16H22N2O2. The van der Waals surface area contributed by atoms with Gasteiger partial charge in [-0.15, -0.1) is 0 Å². The topological polar surface area (TPSA) is 41.6 Å². The number of hydrogen-bond acceptors (Lipinski definition) is 3.